The number of halogens is 2. The van der Waals surface area contributed by atoms with Gasteiger partial charge in [0.15, 0.2) is 0 Å². The third-order valence-electron chi connectivity index (χ3n) is 6.45. The van der Waals surface area contributed by atoms with Crippen molar-refractivity contribution in [3.05, 3.63) is 88.4 Å². The van der Waals surface area contributed by atoms with E-state index in [9.17, 15) is 18.0 Å². The van der Waals surface area contributed by atoms with Crippen LogP contribution in [0.5, 0.6) is 5.75 Å². The van der Waals surface area contributed by atoms with E-state index in [0.29, 0.717) is 40.9 Å². The molecule has 0 radical (unpaired) electrons. The summed E-state index contributed by atoms with van der Waals surface area (Å²) < 4.78 is 34.8. The fourth-order valence-corrected chi connectivity index (χ4v) is 6.12. The summed E-state index contributed by atoms with van der Waals surface area (Å²) in [6, 6.07) is 18.6. The summed E-state index contributed by atoms with van der Waals surface area (Å²) in [6.45, 7) is 7.70. The van der Waals surface area contributed by atoms with E-state index < -0.39 is 28.5 Å². The van der Waals surface area contributed by atoms with Gasteiger partial charge in [0, 0.05) is 13.1 Å². The fraction of sp³-hybridized carbons (Fsp3) is 0.355. The second kappa shape index (κ2) is 15.3. The first-order valence-electron chi connectivity index (χ1n) is 13.8. The van der Waals surface area contributed by atoms with E-state index in [-0.39, 0.29) is 29.0 Å². The molecule has 1 unspecified atom stereocenters. The number of amides is 2. The van der Waals surface area contributed by atoms with E-state index in [1.165, 1.54) is 17.0 Å². The highest BCUT2D eigenvalue weighted by Gasteiger charge is 2.34. The highest BCUT2D eigenvalue weighted by Crippen LogP contribution is 2.33. The highest BCUT2D eigenvalue weighted by molar-refractivity contribution is 7.92. The summed E-state index contributed by atoms with van der Waals surface area (Å²) in [5.41, 5.74) is 0.850. The zero-order chi connectivity index (χ0) is 30.9. The van der Waals surface area contributed by atoms with Crippen molar-refractivity contribution in [3.63, 3.8) is 0 Å². The number of benzene rings is 3. The molecule has 3 aromatic rings. The number of para-hydroxylation sites is 2. The highest BCUT2D eigenvalue weighted by atomic mass is 35.5. The zero-order valence-corrected chi connectivity index (χ0v) is 26.5. The molecule has 0 bridgehead atoms. The van der Waals surface area contributed by atoms with Crippen LogP contribution >= 0.6 is 23.2 Å². The Morgan fingerprint density at radius 1 is 0.929 bits per heavy atom. The molecule has 2 amide bonds. The second-order valence-corrected chi connectivity index (χ2v) is 12.7. The minimum Gasteiger partial charge on any atom is -0.492 e. The van der Waals surface area contributed by atoms with Crippen molar-refractivity contribution < 1.29 is 22.7 Å². The maximum absolute atomic E-state index is 14.2. The Labute approximate surface area is 258 Å². The normalized spacial score (nSPS) is 12.1. The van der Waals surface area contributed by atoms with E-state index >= 15 is 0 Å². The van der Waals surface area contributed by atoms with Gasteiger partial charge in [-0.1, -0.05) is 80.4 Å². The average Bonchev–Trinajstić information content (AvgIpc) is 2.97. The van der Waals surface area contributed by atoms with Crippen LogP contribution in [0.2, 0.25) is 10.0 Å². The largest absolute Gasteiger partial charge is 0.492 e. The number of ether oxygens (including phenoxy) is 1. The molecule has 0 aliphatic carbocycles. The molecule has 3 rings (SSSR count). The van der Waals surface area contributed by atoms with Crippen LogP contribution in [0.3, 0.4) is 0 Å². The van der Waals surface area contributed by atoms with Gasteiger partial charge in [0.25, 0.3) is 10.0 Å². The van der Waals surface area contributed by atoms with Crippen LogP contribution in [0, 0.1) is 5.92 Å². The van der Waals surface area contributed by atoms with Crippen LogP contribution in [-0.4, -0.2) is 50.9 Å². The van der Waals surface area contributed by atoms with Gasteiger partial charge in [-0.15, -0.1) is 0 Å². The van der Waals surface area contributed by atoms with Gasteiger partial charge in [0.1, 0.15) is 18.3 Å². The van der Waals surface area contributed by atoms with Gasteiger partial charge in [0.2, 0.25) is 11.8 Å². The first kappa shape index (κ1) is 33.2. The first-order chi connectivity index (χ1) is 20.0. The van der Waals surface area contributed by atoms with Crippen LogP contribution in [0.25, 0.3) is 0 Å². The Morgan fingerprint density at radius 3 is 2.21 bits per heavy atom. The molecule has 0 saturated carbocycles. The SMILES string of the molecule is CCOc1ccccc1N(CC(=O)N(Cc1ccc(Cl)c(Cl)c1)C(CC)C(=O)NCC(C)C)S(=O)(=O)c1ccccc1. The van der Waals surface area contributed by atoms with Gasteiger partial charge < -0.3 is 15.0 Å². The number of carbonyl (C=O) groups is 2. The topological polar surface area (TPSA) is 96.0 Å². The molecule has 1 atom stereocenters. The quantitative estimate of drug-likeness (QED) is 0.229. The lowest BCUT2D eigenvalue weighted by Gasteiger charge is -2.33. The van der Waals surface area contributed by atoms with Gasteiger partial charge in [0.05, 0.1) is 27.2 Å². The van der Waals surface area contributed by atoms with Crippen LogP contribution < -0.4 is 14.4 Å². The van der Waals surface area contributed by atoms with Gasteiger partial charge in [-0.3, -0.25) is 13.9 Å². The van der Waals surface area contributed by atoms with Gasteiger partial charge >= 0.3 is 0 Å². The second-order valence-electron chi connectivity index (χ2n) is 10.1. The molecule has 3 aromatic carbocycles. The van der Waals surface area contributed by atoms with Crippen molar-refractivity contribution in [1.82, 2.24) is 10.2 Å². The Bertz CT molecular complexity index is 1470. The molecule has 42 heavy (non-hydrogen) atoms. The van der Waals surface area contributed by atoms with Gasteiger partial charge in [-0.05, 0) is 61.2 Å². The minimum absolute atomic E-state index is 0.00958. The monoisotopic (exact) mass is 633 g/mol. The van der Waals surface area contributed by atoms with Crippen LogP contribution in [0.4, 0.5) is 5.69 Å². The summed E-state index contributed by atoms with van der Waals surface area (Å²) in [4.78, 5) is 29.0. The first-order valence-corrected chi connectivity index (χ1v) is 16.0. The van der Waals surface area contributed by atoms with E-state index in [4.69, 9.17) is 27.9 Å². The molecular formula is C31H37Cl2N3O5S. The molecule has 8 nitrogen and oxygen atoms in total. The number of nitrogens with one attached hydrogen (secondary N) is 1. The Hall–Kier alpha value is -3.27. The number of rotatable bonds is 14. The fourth-order valence-electron chi connectivity index (χ4n) is 4.35. The van der Waals surface area contributed by atoms with Crippen LogP contribution in [0.15, 0.2) is 77.7 Å². The maximum atomic E-state index is 14.2. The number of hydrogen-bond donors (Lipinski definition) is 1. The summed E-state index contributed by atoms with van der Waals surface area (Å²) >= 11 is 12.4. The number of anilines is 1. The van der Waals surface area contributed by atoms with E-state index in [0.717, 1.165) is 4.31 Å². The minimum atomic E-state index is -4.22. The van der Waals surface area contributed by atoms with Crippen molar-refractivity contribution in [2.45, 2.75) is 51.6 Å². The van der Waals surface area contributed by atoms with Crippen LogP contribution in [-0.2, 0) is 26.2 Å². The van der Waals surface area contributed by atoms with E-state index in [1.807, 2.05) is 13.8 Å². The number of carbonyl (C=O) groups excluding carboxylic acids is 2. The zero-order valence-electron chi connectivity index (χ0n) is 24.2. The molecule has 0 fully saturated rings. The molecule has 226 valence electrons. The van der Waals surface area contributed by atoms with Crippen molar-refractivity contribution in [3.8, 4) is 5.75 Å². The smallest absolute Gasteiger partial charge is 0.264 e. The molecule has 0 spiro atoms. The maximum Gasteiger partial charge on any atom is 0.264 e. The molecule has 11 heteroatoms. The molecule has 0 saturated heterocycles. The predicted octanol–water partition coefficient (Wildman–Crippen LogP) is 6.17. The lowest BCUT2D eigenvalue weighted by Crippen LogP contribution is -2.52. The standard InChI is InChI=1S/C31H37Cl2N3O5S/c1-5-27(31(38)34-19-22(3)4)35(20-23-16-17-25(32)26(33)18-23)30(37)21-36(28-14-10-11-15-29(28)41-6-2)42(39,40)24-12-8-7-9-13-24/h7-18,22,27H,5-6,19-21H2,1-4H3,(H,34,38). The Balaban J connectivity index is 2.10. The third-order valence-corrected chi connectivity index (χ3v) is 8.96. The lowest BCUT2D eigenvalue weighted by molar-refractivity contribution is -0.140. The van der Waals surface area contributed by atoms with E-state index in [2.05, 4.69) is 5.32 Å². The van der Waals surface area contributed by atoms with Gasteiger partial charge in [-0.2, -0.15) is 0 Å². The Kier molecular flexibility index (Phi) is 12.1. The van der Waals surface area contributed by atoms with Crippen molar-refractivity contribution >= 4 is 50.7 Å². The average molecular weight is 635 g/mol. The third kappa shape index (κ3) is 8.40. The molecule has 0 heterocycles. The van der Waals surface area contributed by atoms with E-state index in [1.54, 1.807) is 74.5 Å². The predicted molar refractivity (Wildman–Crippen MR) is 168 cm³/mol. The van der Waals surface area contributed by atoms with Gasteiger partial charge in [-0.25, -0.2) is 8.42 Å². The summed E-state index contributed by atoms with van der Waals surface area (Å²) in [5.74, 6) is -0.387. The summed E-state index contributed by atoms with van der Waals surface area (Å²) in [7, 11) is -4.22. The molecule has 0 aromatic heterocycles. The summed E-state index contributed by atoms with van der Waals surface area (Å²) in [6.07, 6.45) is 0.304. The number of sulfonamides is 1. The van der Waals surface area contributed by atoms with Crippen LogP contribution in [0.1, 0.15) is 39.7 Å². The van der Waals surface area contributed by atoms with Crippen molar-refractivity contribution in [1.29, 1.82) is 0 Å². The van der Waals surface area contributed by atoms with Crippen molar-refractivity contribution in [2.75, 3.05) is 24.0 Å². The number of nitrogens with zero attached hydrogens (tertiary/aromatic N) is 2. The molecular weight excluding hydrogens is 597 g/mol. The molecule has 0 aliphatic rings. The number of hydrogen-bond acceptors (Lipinski definition) is 5. The summed E-state index contributed by atoms with van der Waals surface area (Å²) in [5, 5.41) is 3.57. The van der Waals surface area contributed by atoms with Crippen molar-refractivity contribution in [2.24, 2.45) is 5.92 Å². The Morgan fingerprint density at radius 2 is 1.60 bits per heavy atom. The lowest BCUT2D eigenvalue weighted by atomic mass is 10.1. The molecule has 1 N–H and O–H groups in total. The molecule has 0 aliphatic heterocycles.